The van der Waals surface area contributed by atoms with E-state index < -0.39 is 10.0 Å². The molecule has 29 heavy (non-hydrogen) atoms. The van der Waals surface area contributed by atoms with Gasteiger partial charge in [0.25, 0.3) is 15.9 Å². The van der Waals surface area contributed by atoms with Gasteiger partial charge in [-0.25, -0.2) is 8.42 Å². The van der Waals surface area contributed by atoms with Crippen LogP contribution in [0.5, 0.6) is 0 Å². The predicted molar refractivity (Wildman–Crippen MR) is 116 cm³/mol. The number of nitrogens with one attached hydrogen (secondary N) is 1. The Morgan fingerprint density at radius 1 is 1.17 bits per heavy atom. The minimum atomic E-state index is -3.75. The molecule has 1 saturated heterocycles. The monoisotopic (exact) mass is 435 g/mol. The first-order valence-electron chi connectivity index (χ1n) is 9.60. The van der Waals surface area contributed by atoms with E-state index in [2.05, 4.69) is 5.32 Å². The van der Waals surface area contributed by atoms with Gasteiger partial charge in [-0.2, -0.15) is 0 Å². The predicted octanol–water partition coefficient (Wildman–Crippen LogP) is 2.68. The van der Waals surface area contributed by atoms with Gasteiger partial charge in [-0.3, -0.25) is 9.10 Å². The van der Waals surface area contributed by atoms with Gasteiger partial charge in [-0.15, -0.1) is 12.4 Å². The molecule has 0 saturated carbocycles. The standard InChI is InChI=1S/C21H25N3O3S.ClH/c1-15-12-16-6-3-4-9-20(16)24(15)28(26,27)19-8-5-7-17(13-19)21(25)23(2)18-10-11-22-14-18;/h3-9,13,15,18,22H,10-12,14H2,1-2H3;1H. The maximum absolute atomic E-state index is 13.4. The van der Waals surface area contributed by atoms with Gasteiger partial charge in [0.2, 0.25) is 0 Å². The van der Waals surface area contributed by atoms with Gasteiger partial charge in [-0.1, -0.05) is 24.3 Å². The first kappa shape index (κ1) is 21.6. The summed E-state index contributed by atoms with van der Waals surface area (Å²) in [6.07, 6.45) is 1.59. The maximum Gasteiger partial charge on any atom is 0.264 e. The highest BCUT2D eigenvalue weighted by molar-refractivity contribution is 7.92. The average Bonchev–Trinajstić information content (AvgIpc) is 3.34. The highest BCUT2D eigenvalue weighted by Gasteiger charge is 2.36. The summed E-state index contributed by atoms with van der Waals surface area (Å²) < 4.78 is 28.3. The molecule has 2 aromatic rings. The molecule has 2 atom stereocenters. The average molecular weight is 436 g/mol. The third kappa shape index (κ3) is 3.86. The summed E-state index contributed by atoms with van der Waals surface area (Å²) in [6, 6.07) is 14.0. The second-order valence-electron chi connectivity index (χ2n) is 7.57. The first-order chi connectivity index (χ1) is 13.4. The van der Waals surface area contributed by atoms with E-state index in [0.717, 1.165) is 30.8 Å². The van der Waals surface area contributed by atoms with Crippen molar-refractivity contribution in [2.75, 3.05) is 24.4 Å². The second kappa shape index (κ2) is 8.34. The molecule has 2 unspecified atom stereocenters. The number of nitrogens with zero attached hydrogens (tertiary/aromatic N) is 2. The van der Waals surface area contributed by atoms with Crippen LogP contribution in [0.1, 0.15) is 29.3 Å². The molecule has 2 heterocycles. The van der Waals surface area contributed by atoms with Gasteiger partial charge in [-0.05, 0) is 56.1 Å². The van der Waals surface area contributed by atoms with Crippen molar-refractivity contribution in [3.8, 4) is 0 Å². The number of amides is 1. The van der Waals surface area contributed by atoms with E-state index in [1.54, 1.807) is 30.1 Å². The van der Waals surface area contributed by atoms with Crippen LogP contribution < -0.4 is 9.62 Å². The molecule has 2 aromatic carbocycles. The highest BCUT2D eigenvalue weighted by Crippen LogP contribution is 2.36. The summed E-state index contributed by atoms with van der Waals surface area (Å²) in [6.45, 7) is 3.57. The summed E-state index contributed by atoms with van der Waals surface area (Å²) in [5.41, 5.74) is 2.15. The van der Waals surface area contributed by atoms with E-state index >= 15 is 0 Å². The lowest BCUT2D eigenvalue weighted by Gasteiger charge is -2.26. The normalized spacial score (nSPS) is 20.8. The Balaban J connectivity index is 0.00000240. The third-order valence-corrected chi connectivity index (χ3v) is 7.61. The van der Waals surface area contributed by atoms with E-state index in [1.807, 2.05) is 31.2 Å². The van der Waals surface area contributed by atoms with Crippen LogP contribution in [0.3, 0.4) is 0 Å². The number of likely N-dealkylation sites (N-methyl/N-ethyl adjacent to an activating group) is 1. The van der Waals surface area contributed by atoms with Crippen molar-refractivity contribution in [2.45, 2.75) is 36.7 Å². The number of sulfonamides is 1. The molecule has 0 aliphatic carbocycles. The van der Waals surface area contributed by atoms with E-state index in [9.17, 15) is 13.2 Å². The van der Waals surface area contributed by atoms with Crippen LogP contribution in [0.25, 0.3) is 0 Å². The van der Waals surface area contributed by atoms with Crippen LogP contribution in [0.2, 0.25) is 0 Å². The SMILES string of the molecule is CC1Cc2ccccc2N1S(=O)(=O)c1cccc(C(=O)N(C)C2CCNC2)c1.Cl. The van der Waals surface area contributed by atoms with E-state index in [4.69, 9.17) is 0 Å². The minimum Gasteiger partial charge on any atom is -0.337 e. The molecule has 1 N–H and O–H groups in total. The van der Waals surface area contributed by atoms with Crippen molar-refractivity contribution < 1.29 is 13.2 Å². The van der Waals surface area contributed by atoms with Crippen molar-refractivity contribution in [3.63, 3.8) is 0 Å². The quantitative estimate of drug-likeness (QED) is 0.801. The van der Waals surface area contributed by atoms with Crippen molar-refractivity contribution in [3.05, 3.63) is 59.7 Å². The fourth-order valence-electron chi connectivity index (χ4n) is 4.15. The minimum absolute atomic E-state index is 0. The van der Waals surface area contributed by atoms with Gasteiger partial charge in [0.05, 0.1) is 10.6 Å². The van der Waals surface area contributed by atoms with Crippen LogP contribution in [-0.4, -0.2) is 51.4 Å². The first-order valence-corrected chi connectivity index (χ1v) is 11.0. The largest absolute Gasteiger partial charge is 0.337 e. The zero-order valence-corrected chi connectivity index (χ0v) is 18.2. The molecule has 0 bridgehead atoms. The Kier molecular flexibility index (Phi) is 6.22. The number of rotatable bonds is 4. The van der Waals surface area contributed by atoms with Crippen molar-refractivity contribution >= 4 is 34.0 Å². The molecule has 0 spiro atoms. The van der Waals surface area contributed by atoms with Crippen LogP contribution >= 0.6 is 12.4 Å². The molecule has 6 nitrogen and oxygen atoms in total. The molecule has 1 amide bonds. The number of para-hydroxylation sites is 1. The smallest absolute Gasteiger partial charge is 0.264 e. The van der Waals surface area contributed by atoms with Crippen LogP contribution in [-0.2, 0) is 16.4 Å². The number of benzene rings is 2. The van der Waals surface area contributed by atoms with Crippen molar-refractivity contribution in [1.29, 1.82) is 0 Å². The fourth-order valence-corrected chi connectivity index (χ4v) is 5.88. The van der Waals surface area contributed by atoms with Crippen LogP contribution in [0, 0.1) is 0 Å². The summed E-state index contributed by atoms with van der Waals surface area (Å²) in [4.78, 5) is 14.7. The zero-order chi connectivity index (χ0) is 19.9. The van der Waals surface area contributed by atoms with Crippen LogP contribution in [0.4, 0.5) is 5.69 Å². The third-order valence-electron chi connectivity index (χ3n) is 5.68. The molecular weight excluding hydrogens is 410 g/mol. The Bertz CT molecular complexity index is 1010. The summed E-state index contributed by atoms with van der Waals surface area (Å²) in [5.74, 6) is -0.152. The molecule has 0 radical (unpaired) electrons. The number of hydrogen-bond acceptors (Lipinski definition) is 4. The molecule has 8 heteroatoms. The van der Waals surface area contributed by atoms with Gasteiger partial charge >= 0.3 is 0 Å². The van der Waals surface area contributed by atoms with E-state index in [-0.39, 0.29) is 35.3 Å². The zero-order valence-electron chi connectivity index (χ0n) is 16.5. The molecule has 1 fully saturated rings. The number of fused-ring (bicyclic) bond motifs is 1. The van der Waals surface area contributed by atoms with E-state index in [0.29, 0.717) is 12.0 Å². The van der Waals surface area contributed by atoms with Gasteiger partial charge in [0.1, 0.15) is 0 Å². The van der Waals surface area contributed by atoms with Gasteiger partial charge in [0, 0.05) is 31.2 Å². The summed E-state index contributed by atoms with van der Waals surface area (Å²) >= 11 is 0. The Morgan fingerprint density at radius 2 is 1.93 bits per heavy atom. The van der Waals surface area contributed by atoms with Crippen LogP contribution in [0.15, 0.2) is 53.4 Å². The van der Waals surface area contributed by atoms with Gasteiger partial charge in [0.15, 0.2) is 0 Å². The number of carbonyl (C=O) groups is 1. The molecule has 2 aliphatic heterocycles. The lowest BCUT2D eigenvalue weighted by Crippen LogP contribution is -2.38. The lowest BCUT2D eigenvalue weighted by atomic mass is 10.1. The van der Waals surface area contributed by atoms with Crippen molar-refractivity contribution in [2.24, 2.45) is 0 Å². The number of halogens is 1. The molecule has 2 aliphatic rings. The fraction of sp³-hybridized carbons (Fsp3) is 0.381. The molecule has 156 valence electrons. The molecule has 4 rings (SSSR count). The Hall–Kier alpha value is -2.09. The van der Waals surface area contributed by atoms with E-state index in [1.165, 1.54) is 10.4 Å². The van der Waals surface area contributed by atoms with Crippen molar-refractivity contribution in [1.82, 2.24) is 10.2 Å². The maximum atomic E-state index is 13.4. The number of anilines is 1. The topological polar surface area (TPSA) is 69.7 Å². The number of carbonyl (C=O) groups excluding carboxylic acids is 1. The number of hydrogen-bond donors (Lipinski definition) is 1. The second-order valence-corrected chi connectivity index (χ2v) is 9.39. The Morgan fingerprint density at radius 3 is 2.66 bits per heavy atom. The highest BCUT2D eigenvalue weighted by atomic mass is 35.5. The Labute approximate surface area is 178 Å². The summed E-state index contributed by atoms with van der Waals surface area (Å²) in [7, 11) is -1.97. The summed E-state index contributed by atoms with van der Waals surface area (Å²) in [5, 5.41) is 3.25. The molecule has 0 aromatic heterocycles. The lowest BCUT2D eigenvalue weighted by molar-refractivity contribution is 0.0743. The molecular formula is C21H26ClN3O3S. The van der Waals surface area contributed by atoms with Gasteiger partial charge < -0.3 is 10.2 Å².